The third-order valence-electron chi connectivity index (χ3n) is 5.06. The van der Waals surface area contributed by atoms with Crippen LogP contribution < -0.4 is 0 Å². The second-order valence-corrected chi connectivity index (χ2v) is 9.86. The Hall–Kier alpha value is -1.31. The highest BCUT2D eigenvalue weighted by molar-refractivity contribution is 7.91. The first-order valence-corrected chi connectivity index (χ1v) is 11.0. The summed E-state index contributed by atoms with van der Waals surface area (Å²) in [6.45, 7) is 0.453. The molecule has 1 aromatic carbocycles. The van der Waals surface area contributed by atoms with Crippen LogP contribution in [0.4, 0.5) is 0 Å². The van der Waals surface area contributed by atoms with Crippen LogP contribution in [0, 0.1) is 0 Å². The van der Waals surface area contributed by atoms with Crippen molar-refractivity contribution in [3.8, 4) is 0 Å². The molecule has 0 N–H and O–H groups in total. The van der Waals surface area contributed by atoms with Crippen molar-refractivity contribution < 1.29 is 18.0 Å². The van der Waals surface area contributed by atoms with Crippen molar-refractivity contribution in [2.24, 2.45) is 0 Å². The van der Waals surface area contributed by atoms with E-state index in [4.69, 9.17) is 23.2 Å². The minimum atomic E-state index is -3.09. The molecule has 2 amide bonds. The number of rotatable bonds is 3. The number of carbonyl (C=O) groups excluding carboxylic acids is 2. The average Bonchev–Trinajstić information content (AvgIpc) is 3.21. The predicted octanol–water partition coefficient (Wildman–Crippen LogP) is 2.24. The number of halogens is 2. The minimum absolute atomic E-state index is 0.0178. The first kappa shape index (κ1) is 19.5. The largest absolute Gasteiger partial charge is 0.340 e. The number of hydrogen-bond acceptors (Lipinski definition) is 4. The van der Waals surface area contributed by atoms with Gasteiger partial charge >= 0.3 is 0 Å². The van der Waals surface area contributed by atoms with Gasteiger partial charge in [0.1, 0.15) is 6.04 Å². The van der Waals surface area contributed by atoms with Gasteiger partial charge in [-0.3, -0.25) is 9.59 Å². The summed E-state index contributed by atoms with van der Waals surface area (Å²) in [6.07, 6.45) is 1.69. The molecule has 0 bridgehead atoms. The maximum atomic E-state index is 12.9. The van der Waals surface area contributed by atoms with Crippen LogP contribution in [-0.4, -0.2) is 67.2 Å². The lowest BCUT2D eigenvalue weighted by atomic mass is 10.1. The molecule has 2 saturated heterocycles. The third kappa shape index (κ3) is 3.85. The Morgan fingerprint density at radius 3 is 2.62 bits per heavy atom. The summed E-state index contributed by atoms with van der Waals surface area (Å²) in [5.74, 6) is -0.478. The molecule has 9 heteroatoms. The third-order valence-corrected chi connectivity index (χ3v) is 7.38. The molecule has 2 atom stereocenters. The van der Waals surface area contributed by atoms with Crippen LogP contribution in [0.15, 0.2) is 18.2 Å². The van der Waals surface area contributed by atoms with Crippen molar-refractivity contribution in [3.63, 3.8) is 0 Å². The van der Waals surface area contributed by atoms with Gasteiger partial charge in [-0.15, -0.1) is 0 Å². The quantitative estimate of drug-likeness (QED) is 0.753. The highest BCUT2D eigenvalue weighted by Gasteiger charge is 2.40. The van der Waals surface area contributed by atoms with E-state index in [-0.39, 0.29) is 39.9 Å². The van der Waals surface area contributed by atoms with Crippen molar-refractivity contribution in [3.05, 3.63) is 33.8 Å². The van der Waals surface area contributed by atoms with Crippen LogP contribution in [-0.2, 0) is 14.6 Å². The van der Waals surface area contributed by atoms with E-state index < -0.39 is 15.9 Å². The van der Waals surface area contributed by atoms with E-state index in [9.17, 15) is 18.0 Å². The number of benzene rings is 1. The molecule has 2 fully saturated rings. The van der Waals surface area contributed by atoms with Gasteiger partial charge in [-0.05, 0) is 37.5 Å². The number of sulfone groups is 1. The molecule has 142 valence electrons. The zero-order valence-corrected chi connectivity index (χ0v) is 16.6. The molecule has 0 aliphatic carbocycles. The van der Waals surface area contributed by atoms with Gasteiger partial charge in [0, 0.05) is 24.7 Å². The average molecular weight is 419 g/mol. The number of likely N-dealkylation sites (N-methyl/N-ethyl adjacent to an activating group) is 1. The smallest absolute Gasteiger partial charge is 0.256 e. The van der Waals surface area contributed by atoms with Gasteiger partial charge < -0.3 is 9.80 Å². The molecule has 0 saturated carbocycles. The van der Waals surface area contributed by atoms with Crippen molar-refractivity contribution in [1.82, 2.24) is 9.80 Å². The second kappa shape index (κ2) is 7.37. The van der Waals surface area contributed by atoms with Crippen molar-refractivity contribution in [2.45, 2.75) is 31.3 Å². The predicted molar refractivity (Wildman–Crippen MR) is 100 cm³/mol. The molecule has 0 aromatic heterocycles. The van der Waals surface area contributed by atoms with Gasteiger partial charge in [0.15, 0.2) is 9.84 Å². The SMILES string of the molecule is CN(C(=O)[C@@H]1CCCN1C(=O)c1cc(Cl)ccc1Cl)[C@H]1CCS(=O)(=O)C1. The summed E-state index contributed by atoms with van der Waals surface area (Å²) >= 11 is 12.1. The number of likely N-dealkylation sites (tertiary alicyclic amines) is 1. The Kier molecular flexibility index (Phi) is 5.51. The monoisotopic (exact) mass is 418 g/mol. The van der Waals surface area contributed by atoms with Crippen molar-refractivity contribution >= 4 is 44.9 Å². The molecular formula is C17H20Cl2N2O4S. The molecule has 0 unspecified atom stereocenters. The Labute approximate surface area is 163 Å². The van der Waals surface area contributed by atoms with E-state index in [0.29, 0.717) is 30.8 Å². The maximum absolute atomic E-state index is 12.9. The summed E-state index contributed by atoms with van der Waals surface area (Å²) < 4.78 is 23.4. The molecular weight excluding hydrogens is 399 g/mol. The van der Waals surface area contributed by atoms with Crippen LogP contribution in [0.25, 0.3) is 0 Å². The molecule has 2 aliphatic heterocycles. The van der Waals surface area contributed by atoms with Gasteiger partial charge in [0.05, 0.1) is 22.1 Å². The van der Waals surface area contributed by atoms with Crippen LogP contribution in [0.2, 0.25) is 10.0 Å². The fourth-order valence-corrected chi connectivity index (χ4v) is 5.72. The zero-order valence-electron chi connectivity index (χ0n) is 14.3. The van der Waals surface area contributed by atoms with Crippen LogP contribution in [0.1, 0.15) is 29.6 Å². The molecule has 6 nitrogen and oxygen atoms in total. The van der Waals surface area contributed by atoms with E-state index in [1.165, 1.54) is 15.9 Å². The van der Waals surface area contributed by atoms with Crippen LogP contribution in [0.5, 0.6) is 0 Å². The minimum Gasteiger partial charge on any atom is -0.340 e. The Bertz CT molecular complexity index is 843. The van der Waals surface area contributed by atoms with Crippen molar-refractivity contribution in [1.29, 1.82) is 0 Å². The number of amides is 2. The van der Waals surface area contributed by atoms with E-state index in [0.717, 1.165) is 0 Å². The molecule has 2 heterocycles. The number of hydrogen-bond donors (Lipinski definition) is 0. The standard InChI is InChI=1S/C17H20Cl2N2O4S/c1-20(12-6-8-26(24,25)10-12)17(23)15-3-2-7-21(15)16(22)13-9-11(18)4-5-14(13)19/h4-5,9,12,15H,2-3,6-8,10H2,1H3/t12-,15-/m0/s1. The number of carbonyl (C=O) groups is 2. The van der Waals surface area contributed by atoms with Gasteiger partial charge in [-0.25, -0.2) is 8.42 Å². The van der Waals surface area contributed by atoms with Crippen LogP contribution in [0.3, 0.4) is 0 Å². The lowest BCUT2D eigenvalue weighted by Crippen LogP contribution is -2.50. The molecule has 0 spiro atoms. The zero-order chi connectivity index (χ0) is 19.1. The number of nitrogens with zero attached hydrogens (tertiary/aromatic N) is 2. The van der Waals surface area contributed by atoms with Gasteiger partial charge in [-0.1, -0.05) is 23.2 Å². The van der Waals surface area contributed by atoms with Crippen molar-refractivity contribution in [2.75, 3.05) is 25.1 Å². The topological polar surface area (TPSA) is 74.8 Å². The highest BCUT2D eigenvalue weighted by atomic mass is 35.5. The summed E-state index contributed by atoms with van der Waals surface area (Å²) in [5.41, 5.74) is 0.268. The van der Waals surface area contributed by atoms with E-state index in [1.54, 1.807) is 19.2 Å². The Morgan fingerprint density at radius 2 is 1.96 bits per heavy atom. The molecule has 2 aliphatic rings. The van der Waals surface area contributed by atoms with E-state index >= 15 is 0 Å². The lowest BCUT2D eigenvalue weighted by Gasteiger charge is -2.31. The van der Waals surface area contributed by atoms with Gasteiger partial charge in [-0.2, -0.15) is 0 Å². The first-order chi connectivity index (χ1) is 12.2. The Morgan fingerprint density at radius 1 is 1.23 bits per heavy atom. The first-order valence-electron chi connectivity index (χ1n) is 8.43. The summed E-state index contributed by atoms with van der Waals surface area (Å²) in [4.78, 5) is 28.8. The van der Waals surface area contributed by atoms with E-state index in [2.05, 4.69) is 0 Å². The summed E-state index contributed by atoms with van der Waals surface area (Å²) in [6, 6.07) is 3.71. The molecule has 0 radical (unpaired) electrons. The second-order valence-electron chi connectivity index (χ2n) is 6.79. The summed E-state index contributed by atoms with van der Waals surface area (Å²) in [7, 11) is -1.48. The fourth-order valence-electron chi connectivity index (χ4n) is 3.58. The summed E-state index contributed by atoms with van der Waals surface area (Å²) in [5, 5.41) is 0.681. The molecule has 3 rings (SSSR count). The Balaban J connectivity index is 1.78. The van der Waals surface area contributed by atoms with Gasteiger partial charge in [0.25, 0.3) is 5.91 Å². The lowest BCUT2D eigenvalue weighted by molar-refractivity contribution is -0.135. The normalized spacial score (nSPS) is 24.7. The van der Waals surface area contributed by atoms with E-state index in [1.807, 2.05) is 0 Å². The molecule has 1 aromatic rings. The van der Waals surface area contributed by atoms with Crippen LogP contribution >= 0.6 is 23.2 Å². The fraction of sp³-hybridized carbons (Fsp3) is 0.529. The molecule has 26 heavy (non-hydrogen) atoms. The maximum Gasteiger partial charge on any atom is 0.256 e. The highest BCUT2D eigenvalue weighted by Crippen LogP contribution is 2.28. The van der Waals surface area contributed by atoms with Gasteiger partial charge in [0.2, 0.25) is 5.91 Å².